The van der Waals surface area contributed by atoms with E-state index in [1.165, 1.54) is 27.7 Å². The van der Waals surface area contributed by atoms with Crippen LogP contribution in [-0.2, 0) is 62.7 Å². The molecule has 326 valence electrons. The molecule has 0 bridgehead atoms. The van der Waals surface area contributed by atoms with Crippen LogP contribution in [0.2, 0.25) is 0 Å². The maximum atomic E-state index is 13.0. The predicted molar refractivity (Wildman–Crippen MR) is 197 cm³/mol. The third-order valence-corrected chi connectivity index (χ3v) is 8.59. The van der Waals surface area contributed by atoms with Crippen LogP contribution < -0.4 is 31.9 Å². The molecule has 6 amide bonds. The van der Waals surface area contributed by atoms with Crippen molar-refractivity contribution >= 4 is 63.5 Å². The van der Waals surface area contributed by atoms with E-state index in [1.807, 2.05) is 12.2 Å². The summed E-state index contributed by atoms with van der Waals surface area (Å²) in [6.45, 7) is 6.70. The van der Waals surface area contributed by atoms with Crippen molar-refractivity contribution in [3.63, 3.8) is 0 Å². The van der Waals surface area contributed by atoms with Crippen molar-refractivity contribution in [1.29, 1.82) is 0 Å². The van der Waals surface area contributed by atoms with Crippen LogP contribution in [0.15, 0.2) is 0 Å². The van der Waals surface area contributed by atoms with Crippen LogP contribution in [0.25, 0.3) is 0 Å². The van der Waals surface area contributed by atoms with E-state index in [2.05, 4.69) is 26.6 Å². The van der Waals surface area contributed by atoms with Crippen LogP contribution in [0.3, 0.4) is 0 Å². The molecule has 0 aromatic rings. The molecule has 3 unspecified atom stereocenters. The molecule has 0 spiro atoms. The van der Waals surface area contributed by atoms with Crippen molar-refractivity contribution in [2.24, 2.45) is 10.8 Å². The fourth-order valence-corrected chi connectivity index (χ4v) is 5.57. The minimum Gasteiger partial charge on any atom is -0.481 e. The fraction of sp³-hybridized carbons (Fsp3) is 0.727. The Kier molecular flexibility index (Phi) is 23.1. The van der Waals surface area contributed by atoms with E-state index in [0.29, 0.717) is 13.0 Å². The Morgan fingerprint density at radius 3 is 1.68 bits per heavy atom. The first-order valence-corrected chi connectivity index (χ1v) is 19.4. The second-order valence-electron chi connectivity index (χ2n) is 14.1. The quantitative estimate of drug-likeness (QED) is 0.0261. The fourth-order valence-electron chi connectivity index (χ4n) is 4.91. The molecular weight excluding hydrogens is 784 g/mol. The van der Waals surface area contributed by atoms with Crippen LogP contribution in [0, 0.1) is 10.8 Å². The van der Waals surface area contributed by atoms with Gasteiger partial charge in [0.1, 0.15) is 30.5 Å². The largest absolute Gasteiger partial charge is 0.481 e. The van der Waals surface area contributed by atoms with E-state index in [4.69, 9.17) is 9.47 Å². The average Bonchev–Trinajstić information content (AvgIpc) is 3.09. The summed E-state index contributed by atoms with van der Waals surface area (Å²) < 4.78 is 43.0. The summed E-state index contributed by atoms with van der Waals surface area (Å²) >= 11 is 0. The van der Waals surface area contributed by atoms with Gasteiger partial charge >= 0.3 is 17.9 Å². The smallest absolute Gasteiger partial charge is 0.326 e. The standard InChI is InChI=1S/C33H56N6O17S/c1-6-11-34-25(42)16-36-24(41)10-7-20(28(45)46)37-26(43)17-56-15-14-55-13-12-35-23(40)9-8-21(29(47)48)38-27(44)22(18-57(52,53)54)39-30(49)32(2,3)19-33(4,5)31(50)51/h20-22H,6-19H2,1-5H3,(H,34,42)(H,35,40)(H,36,41)(H,37,43)(H,38,44)(H,39,49)(H,45,46)(H,47,48)(H,50,51)(H,52,53,54). The predicted octanol–water partition coefficient (Wildman–Crippen LogP) is -2.62. The molecule has 23 nitrogen and oxygen atoms in total. The molecule has 0 aromatic heterocycles. The van der Waals surface area contributed by atoms with Gasteiger partial charge in [-0.1, -0.05) is 20.8 Å². The number of hydrogen-bond donors (Lipinski definition) is 10. The van der Waals surface area contributed by atoms with Crippen molar-refractivity contribution in [1.82, 2.24) is 31.9 Å². The summed E-state index contributed by atoms with van der Waals surface area (Å²) in [5.41, 5.74) is -2.85. The highest BCUT2D eigenvalue weighted by molar-refractivity contribution is 7.85. The van der Waals surface area contributed by atoms with Crippen molar-refractivity contribution in [2.45, 2.75) is 91.3 Å². The molecule has 0 aliphatic rings. The van der Waals surface area contributed by atoms with E-state index in [1.54, 1.807) is 0 Å². The second-order valence-corrected chi connectivity index (χ2v) is 15.6. The highest BCUT2D eigenvalue weighted by atomic mass is 32.2. The summed E-state index contributed by atoms with van der Waals surface area (Å²) in [5.74, 6) is -10.2. The second kappa shape index (κ2) is 25.3. The van der Waals surface area contributed by atoms with Crippen LogP contribution >= 0.6 is 0 Å². The molecule has 0 fully saturated rings. The Hall–Kier alpha value is -4.94. The van der Waals surface area contributed by atoms with Crippen LogP contribution in [0.4, 0.5) is 0 Å². The van der Waals surface area contributed by atoms with Crippen LogP contribution in [0.5, 0.6) is 0 Å². The summed E-state index contributed by atoms with van der Waals surface area (Å²) in [4.78, 5) is 109. The number of hydrogen-bond acceptors (Lipinski definition) is 13. The van der Waals surface area contributed by atoms with Gasteiger partial charge in [-0.25, -0.2) is 9.59 Å². The van der Waals surface area contributed by atoms with Gasteiger partial charge < -0.3 is 56.7 Å². The van der Waals surface area contributed by atoms with Gasteiger partial charge in [0, 0.05) is 31.3 Å². The van der Waals surface area contributed by atoms with Crippen molar-refractivity contribution in [2.75, 3.05) is 51.8 Å². The van der Waals surface area contributed by atoms with Gasteiger partial charge in [0.15, 0.2) is 0 Å². The zero-order chi connectivity index (χ0) is 44.0. The van der Waals surface area contributed by atoms with Gasteiger partial charge in [0.25, 0.3) is 10.1 Å². The maximum absolute atomic E-state index is 13.0. The van der Waals surface area contributed by atoms with Gasteiger partial charge in [-0.15, -0.1) is 0 Å². The third kappa shape index (κ3) is 23.7. The Balaban J connectivity index is 4.71. The lowest BCUT2D eigenvalue weighted by Gasteiger charge is -2.32. The number of nitrogens with one attached hydrogen (secondary N) is 6. The summed E-state index contributed by atoms with van der Waals surface area (Å²) in [5, 5.41) is 42.1. The van der Waals surface area contributed by atoms with Crippen molar-refractivity contribution in [3.05, 3.63) is 0 Å². The molecule has 0 rings (SSSR count). The van der Waals surface area contributed by atoms with Crippen molar-refractivity contribution < 1.29 is 80.9 Å². The molecule has 10 N–H and O–H groups in total. The van der Waals surface area contributed by atoms with E-state index in [0.717, 1.165) is 0 Å². The number of carboxylic acid groups (broad SMARTS) is 3. The number of amides is 6. The van der Waals surface area contributed by atoms with Gasteiger partial charge in [-0.2, -0.15) is 8.42 Å². The summed E-state index contributed by atoms with van der Waals surface area (Å²) in [6.07, 6.45) is -0.927. The zero-order valence-electron chi connectivity index (χ0n) is 32.6. The van der Waals surface area contributed by atoms with E-state index >= 15 is 0 Å². The minimum absolute atomic E-state index is 0.0409. The number of aliphatic carboxylic acids is 3. The van der Waals surface area contributed by atoms with E-state index < -0.39 is 118 Å². The lowest BCUT2D eigenvalue weighted by Crippen LogP contribution is -2.56. The Bertz CT molecular complexity index is 1540. The average molecular weight is 841 g/mol. The molecule has 0 aliphatic carbocycles. The maximum Gasteiger partial charge on any atom is 0.326 e. The topological polar surface area (TPSA) is 359 Å². The lowest BCUT2D eigenvalue weighted by atomic mass is 9.74. The highest BCUT2D eigenvalue weighted by Crippen LogP contribution is 2.34. The number of carbonyl (C=O) groups excluding carboxylic acids is 6. The van der Waals surface area contributed by atoms with Gasteiger partial charge in [0.2, 0.25) is 35.4 Å². The monoisotopic (exact) mass is 840 g/mol. The van der Waals surface area contributed by atoms with Gasteiger partial charge in [-0.3, -0.25) is 38.1 Å². The molecule has 24 heteroatoms. The highest BCUT2D eigenvalue weighted by Gasteiger charge is 2.41. The van der Waals surface area contributed by atoms with Crippen molar-refractivity contribution in [3.8, 4) is 0 Å². The normalized spacial score (nSPS) is 13.2. The number of ether oxygens (including phenoxy) is 2. The molecule has 0 saturated carbocycles. The van der Waals surface area contributed by atoms with E-state index in [9.17, 15) is 71.4 Å². The van der Waals surface area contributed by atoms with Crippen LogP contribution in [0.1, 0.15) is 73.1 Å². The molecule has 0 aromatic carbocycles. The van der Waals surface area contributed by atoms with Gasteiger partial charge in [-0.05, 0) is 39.5 Å². The first kappa shape index (κ1) is 52.1. The summed E-state index contributed by atoms with van der Waals surface area (Å²) in [6, 6.07) is -5.09. The first-order chi connectivity index (χ1) is 26.3. The Labute approximate surface area is 329 Å². The van der Waals surface area contributed by atoms with Crippen LogP contribution in [-0.4, -0.2) is 152 Å². The molecule has 0 saturated heterocycles. The number of carbonyl (C=O) groups is 9. The molecule has 0 aliphatic heterocycles. The number of carboxylic acids is 3. The summed E-state index contributed by atoms with van der Waals surface area (Å²) in [7, 11) is -4.89. The molecule has 0 heterocycles. The van der Waals surface area contributed by atoms with E-state index in [-0.39, 0.29) is 52.2 Å². The SMILES string of the molecule is CCCNC(=O)CNC(=O)CCC(NC(=O)COCCOCCNC(=O)CCC(NC(=O)C(CS(=O)(=O)O)NC(=O)C(C)(C)CC(C)(C)C(=O)O)C(=O)O)C(=O)O. The molecule has 3 atom stereocenters. The molecular formula is C33H56N6O17S. The third-order valence-electron chi connectivity index (χ3n) is 7.84. The molecule has 0 radical (unpaired) electrons. The Morgan fingerprint density at radius 2 is 1.16 bits per heavy atom. The lowest BCUT2D eigenvalue weighted by molar-refractivity contribution is -0.150. The Morgan fingerprint density at radius 1 is 0.632 bits per heavy atom. The minimum atomic E-state index is -4.89. The molecule has 57 heavy (non-hydrogen) atoms. The first-order valence-electron chi connectivity index (χ1n) is 17.8. The van der Waals surface area contributed by atoms with Gasteiger partial charge in [0.05, 0.1) is 31.8 Å². The number of rotatable bonds is 30. The zero-order valence-corrected chi connectivity index (χ0v) is 33.5.